The van der Waals surface area contributed by atoms with E-state index in [1.807, 2.05) is 6.92 Å². The van der Waals surface area contributed by atoms with E-state index in [1.54, 1.807) is 18.7 Å². The number of sulfone groups is 1. The lowest BCUT2D eigenvalue weighted by Crippen LogP contribution is -2.14. The van der Waals surface area contributed by atoms with E-state index >= 15 is 0 Å². The molecule has 1 atom stereocenters. The largest absolute Gasteiger partial charge is 0.392 e. The highest BCUT2D eigenvalue weighted by molar-refractivity contribution is 7.99. The van der Waals surface area contributed by atoms with Crippen LogP contribution in [0.25, 0.3) is 0 Å². The Labute approximate surface area is 91.2 Å². The van der Waals surface area contributed by atoms with Crippen LogP contribution in [-0.4, -0.2) is 42.6 Å². The molecule has 0 radical (unpaired) electrons. The normalized spacial score (nSPS) is 14.2. The molecule has 0 aliphatic carbocycles. The van der Waals surface area contributed by atoms with Crippen LogP contribution in [0.1, 0.15) is 26.7 Å². The van der Waals surface area contributed by atoms with E-state index in [0.29, 0.717) is 18.6 Å². The van der Waals surface area contributed by atoms with Gasteiger partial charge in [-0.05, 0) is 18.6 Å². The summed E-state index contributed by atoms with van der Waals surface area (Å²) >= 11 is 1.68. The van der Waals surface area contributed by atoms with Crippen LogP contribution in [0.5, 0.6) is 0 Å². The van der Waals surface area contributed by atoms with Crippen molar-refractivity contribution >= 4 is 21.6 Å². The minimum atomic E-state index is -2.85. The van der Waals surface area contributed by atoms with Crippen LogP contribution >= 0.6 is 11.8 Å². The van der Waals surface area contributed by atoms with Crippen LogP contribution in [0.4, 0.5) is 0 Å². The van der Waals surface area contributed by atoms with E-state index in [0.717, 1.165) is 5.75 Å². The Morgan fingerprint density at radius 3 is 2.50 bits per heavy atom. The fraction of sp³-hybridized carbons (Fsp3) is 1.00. The zero-order chi connectivity index (χ0) is 11.0. The molecule has 14 heavy (non-hydrogen) atoms. The van der Waals surface area contributed by atoms with E-state index < -0.39 is 9.84 Å². The number of hydrogen-bond acceptors (Lipinski definition) is 4. The molecule has 0 spiro atoms. The summed E-state index contributed by atoms with van der Waals surface area (Å²) in [5, 5.41) is 9.43. The van der Waals surface area contributed by atoms with Gasteiger partial charge < -0.3 is 5.11 Å². The number of thioether (sulfide) groups is 1. The van der Waals surface area contributed by atoms with Crippen molar-refractivity contribution in [2.75, 3.05) is 23.0 Å². The predicted molar refractivity (Wildman–Crippen MR) is 62.6 cm³/mol. The Bertz CT molecular complexity index is 224. The number of hydrogen-bond donors (Lipinski definition) is 1. The van der Waals surface area contributed by atoms with E-state index in [-0.39, 0.29) is 17.6 Å². The zero-order valence-corrected chi connectivity index (χ0v) is 10.5. The highest BCUT2D eigenvalue weighted by Gasteiger charge is 2.09. The average molecular weight is 240 g/mol. The van der Waals surface area contributed by atoms with Gasteiger partial charge in [-0.25, -0.2) is 8.42 Å². The van der Waals surface area contributed by atoms with Crippen LogP contribution in [0.2, 0.25) is 0 Å². The molecule has 3 nitrogen and oxygen atoms in total. The molecule has 0 aromatic carbocycles. The van der Waals surface area contributed by atoms with Crippen molar-refractivity contribution in [3.63, 3.8) is 0 Å². The van der Waals surface area contributed by atoms with E-state index in [2.05, 4.69) is 0 Å². The van der Waals surface area contributed by atoms with Crippen molar-refractivity contribution in [1.29, 1.82) is 0 Å². The van der Waals surface area contributed by atoms with Gasteiger partial charge in [-0.2, -0.15) is 11.8 Å². The average Bonchev–Trinajstić information content (AvgIpc) is 2.14. The van der Waals surface area contributed by atoms with Crippen molar-refractivity contribution in [3.8, 4) is 0 Å². The SMILES string of the molecule is CCSCC(O)CCCS(=O)(=O)CC. The summed E-state index contributed by atoms with van der Waals surface area (Å²) in [6.07, 6.45) is 0.806. The van der Waals surface area contributed by atoms with Crippen LogP contribution < -0.4 is 0 Å². The van der Waals surface area contributed by atoms with Gasteiger partial charge in [0.15, 0.2) is 0 Å². The summed E-state index contributed by atoms with van der Waals surface area (Å²) in [5.74, 6) is 2.11. The molecular weight excluding hydrogens is 220 g/mol. The van der Waals surface area contributed by atoms with E-state index in [4.69, 9.17) is 0 Å². The molecule has 0 rings (SSSR count). The Balaban J connectivity index is 3.54. The van der Waals surface area contributed by atoms with E-state index in [9.17, 15) is 13.5 Å². The van der Waals surface area contributed by atoms with Crippen LogP contribution in [0.3, 0.4) is 0 Å². The molecule has 1 unspecified atom stereocenters. The highest BCUT2D eigenvalue weighted by atomic mass is 32.2. The molecule has 0 amide bonds. The summed E-state index contributed by atoms with van der Waals surface area (Å²) in [6.45, 7) is 3.69. The maximum absolute atomic E-state index is 11.1. The minimum absolute atomic E-state index is 0.201. The summed E-state index contributed by atoms with van der Waals surface area (Å²) in [7, 11) is -2.85. The molecule has 0 aliphatic rings. The zero-order valence-electron chi connectivity index (χ0n) is 8.90. The first kappa shape index (κ1) is 14.3. The van der Waals surface area contributed by atoms with Gasteiger partial charge in [0.2, 0.25) is 0 Å². The van der Waals surface area contributed by atoms with Gasteiger partial charge in [-0.1, -0.05) is 13.8 Å². The highest BCUT2D eigenvalue weighted by Crippen LogP contribution is 2.07. The Hall–Kier alpha value is 0.260. The minimum Gasteiger partial charge on any atom is -0.392 e. The topological polar surface area (TPSA) is 54.4 Å². The van der Waals surface area contributed by atoms with Gasteiger partial charge >= 0.3 is 0 Å². The van der Waals surface area contributed by atoms with Crippen LogP contribution in [0, 0.1) is 0 Å². The second kappa shape index (κ2) is 7.54. The van der Waals surface area contributed by atoms with Crippen LogP contribution in [-0.2, 0) is 9.84 Å². The molecule has 0 aromatic rings. The fourth-order valence-corrected chi connectivity index (χ4v) is 2.59. The van der Waals surface area contributed by atoms with Gasteiger partial charge in [-0.15, -0.1) is 0 Å². The van der Waals surface area contributed by atoms with Crippen molar-refractivity contribution in [3.05, 3.63) is 0 Å². The predicted octanol–water partition coefficient (Wildman–Crippen LogP) is 1.32. The third-order valence-electron chi connectivity index (χ3n) is 1.95. The van der Waals surface area contributed by atoms with Gasteiger partial charge in [-0.3, -0.25) is 0 Å². The first-order valence-electron chi connectivity index (χ1n) is 4.98. The van der Waals surface area contributed by atoms with Gasteiger partial charge in [0.05, 0.1) is 11.9 Å². The van der Waals surface area contributed by atoms with Crippen molar-refractivity contribution in [2.24, 2.45) is 0 Å². The maximum atomic E-state index is 11.1. The molecule has 0 aromatic heterocycles. The summed E-state index contributed by atoms with van der Waals surface area (Å²) in [4.78, 5) is 0. The molecule has 0 saturated heterocycles. The van der Waals surface area contributed by atoms with Crippen LogP contribution in [0.15, 0.2) is 0 Å². The van der Waals surface area contributed by atoms with Crippen molar-refractivity contribution in [2.45, 2.75) is 32.8 Å². The van der Waals surface area contributed by atoms with Crippen molar-refractivity contribution < 1.29 is 13.5 Å². The molecule has 0 bridgehead atoms. The molecule has 0 heterocycles. The number of aliphatic hydroxyl groups is 1. The third-order valence-corrected chi connectivity index (χ3v) is 4.77. The Kier molecular flexibility index (Phi) is 7.68. The van der Waals surface area contributed by atoms with Gasteiger partial charge in [0, 0.05) is 11.5 Å². The molecule has 1 N–H and O–H groups in total. The van der Waals surface area contributed by atoms with Gasteiger partial charge in [0.25, 0.3) is 0 Å². The molecule has 0 aliphatic heterocycles. The van der Waals surface area contributed by atoms with Crippen molar-refractivity contribution in [1.82, 2.24) is 0 Å². The second-order valence-corrected chi connectivity index (χ2v) is 6.98. The van der Waals surface area contributed by atoms with Gasteiger partial charge in [0.1, 0.15) is 9.84 Å². The molecule has 86 valence electrons. The lowest BCUT2D eigenvalue weighted by molar-refractivity contribution is 0.188. The smallest absolute Gasteiger partial charge is 0.150 e. The summed E-state index contributed by atoms with van der Waals surface area (Å²) in [5.41, 5.74) is 0. The first-order valence-corrected chi connectivity index (χ1v) is 7.95. The third kappa shape index (κ3) is 7.64. The molecule has 0 saturated carbocycles. The fourth-order valence-electron chi connectivity index (χ4n) is 1.02. The standard InChI is InChI=1S/C9H20O3S2/c1-3-13-8-9(10)6-5-7-14(11,12)4-2/h9-10H,3-8H2,1-2H3. The Morgan fingerprint density at radius 1 is 1.36 bits per heavy atom. The molecule has 5 heteroatoms. The lowest BCUT2D eigenvalue weighted by Gasteiger charge is -2.08. The first-order chi connectivity index (χ1) is 6.52. The molecule has 0 fully saturated rings. The number of rotatable bonds is 8. The summed E-state index contributed by atoms with van der Waals surface area (Å²) < 4.78 is 22.2. The quantitative estimate of drug-likeness (QED) is 0.695. The maximum Gasteiger partial charge on any atom is 0.150 e. The number of aliphatic hydroxyl groups excluding tert-OH is 1. The monoisotopic (exact) mass is 240 g/mol. The second-order valence-electron chi connectivity index (χ2n) is 3.19. The molecular formula is C9H20O3S2. The lowest BCUT2D eigenvalue weighted by atomic mass is 10.2. The Morgan fingerprint density at radius 2 is 2.00 bits per heavy atom. The van der Waals surface area contributed by atoms with E-state index in [1.165, 1.54) is 0 Å². The summed E-state index contributed by atoms with van der Waals surface area (Å²) in [6, 6.07) is 0.